The highest BCUT2D eigenvalue weighted by Gasteiger charge is 2.25. The van der Waals surface area contributed by atoms with E-state index in [4.69, 9.17) is 5.26 Å². The summed E-state index contributed by atoms with van der Waals surface area (Å²) in [6.07, 6.45) is 3.78. The summed E-state index contributed by atoms with van der Waals surface area (Å²) in [5.41, 5.74) is 0.421. The van der Waals surface area contributed by atoms with E-state index in [0.29, 0.717) is 17.8 Å². The molecule has 0 aliphatic heterocycles. The number of hydrogen-bond donors (Lipinski definition) is 1. The Kier molecular flexibility index (Phi) is 6.51. The van der Waals surface area contributed by atoms with Gasteiger partial charge in [0.2, 0.25) is 0 Å². The van der Waals surface area contributed by atoms with E-state index in [-0.39, 0.29) is 11.8 Å². The quantitative estimate of drug-likeness (QED) is 0.629. The molecule has 1 rings (SSSR count). The largest absolute Gasteiger partial charge is 0.363 e. The first-order chi connectivity index (χ1) is 10.8. The number of nitrogens with zero attached hydrogens (tertiary/aromatic N) is 4. The third-order valence-corrected chi connectivity index (χ3v) is 3.26. The number of aromatic nitrogens is 1. The first-order valence-corrected chi connectivity index (χ1v) is 7.37. The molecule has 1 aromatic rings. The maximum absolute atomic E-state index is 12.4. The van der Waals surface area contributed by atoms with Crippen LogP contribution in [0.3, 0.4) is 0 Å². The van der Waals surface area contributed by atoms with Gasteiger partial charge in [-0.2, -0.15) is 5.26 Å². The summed E-state index contributed by atoms with van der Waals surface area (Å²) in [7, 11) is 5.05. The first kappa shape index (κ1) is 18.4. The van der Waals surface area contributed by atoms with Gasteiger partial charge in [0, 0.05) is 32.9 Å². The van der Waals surface area contributed by atoms with Crippen molar-refractivity contribution in [2.45, 2.75) is 26.3 Å². The van der Waals surface area contributed by atoms with Gasteiger partial charge in [0.05, 0.1) is 0 Å². The number of rotatable bonds is 6. The molecular formula is C16H23N5O2. The third kappa shape index (κ3) is 5.25. The smallest absolute Gasteiger partial charge is 0.257 e. The summed E-state index contributed by atoms with van der Waals surface area (Å²) in [6, 6.07) is 2.51. The van der Waals surface area contributed by atoms with Crippen molar-refractivity contribution in [1.29, 1.82) is 5.26 Å². The van der Waals surface area contributed by atoms with Crippen LogP contribution in [-0.2, 0) is 4.79 Å². The van der Waals surface area contributed by atoms with Crippen molar-refractivity contribution in [2.24, 2.45) is 5.92 Å². The van der Waals surface area contributed by atoms with Crippen molar-refractivity contribution in [3.63, 3.8) is 0 Å². The van der Waals surface area contributed by atoms with Gasteiger partial charge in [0.1, 0.15) is 11.9 Å². The lowest BCUT2D eigenvalue weighted by Crippen LogP contribution is -2.46. The molecule has 1 N–H and O–H groups in total. The lowest BCUT2D eigenvalue weighted by atomic mass is 10.0. The van der Waals surface area contributed by atoms with E-state index in [9.17, 15) is 9.59 Å². The maximum Gasteiger partial charge on any atom is 0.257 e. The van der Waals surface area contributed by atoms with E-state index in [0.717, 1.165) is 4.90 Å². The van der Waals surface area contributed by atoms with Crippen LogP contribution in [0.25, 0.3) is 0 Å². The Labute approximate surface area is 136 Å². The summed E-state index contributed by atoms with van der Waals surface area (Å²) in [5, 5.41) is 11.6. The molecule has 0 saturated heterocycles. The Balaban J connectivity index is 2.95. The number of nitrogens with one attached hydrogen (secondary N) is 1. The Morgan fingerprint density at radius 2 is 2.00 bits per heavy atom. The normalized spacial score (nSPS) is 11.5. The molecule has 0 aromatic carbocycles. The zero-order valence-electron chi connectivity index (χ0n) is 14.2. The summed E-state index contributed by atoms with van der Waals surface area (Å²) in [4.78, 5) is 31.5. The summed E-state index contributed by atoms with van der Waals surface area (Å²) in [5.74, 6) is 0.0712. The molecule has 0 unspecified atom stereocenters. The van der Waals surface area contributed by atoms with Gasteiger partial charge in [-0.25, -0.2) is 4.98 Å². The fourth-order valence-corrected chi connectivity index (χ4v) is 2.02. The van der Waals surface area contributed by atoms with Gasteiger partial charge in [0.25, 0.3) is 11.8 Å². The molecule has 0 saturated carbocycles. The molecular weight excluding hydrogens is 294 g/mol. The van der Waals surface area contributed by atoms with Gasteiger partial charge in [0.15, 0.2) is 6.19 Å². The number of likely N-dealkylation sites (N-methyl/N-ethyl adjacent to an activating group) is 1. The first-order valence-electron chi connectivity index (χ1n) is 7.37. The molecule has 23 heavy (non-hydrogen) atoms. The molecule has 7 nitrogen and oxygen atoms in total. The van der Waals surface area contributed by atoms with Crippen LogP contribution in [0, 0.1) is 17.4 Å². The van der Waals surface area contributed by atoms with E-state index in [1.807, 2.05) is 27.9 Å². The fourth-order valence-electron chi connectivity index (χ4n) is 2.02. The molecule has 124 valence electrons. The fraction of sp³-hybridized carbons (Fsp3) is 0.500. The van der Waals surface area contributed by atoms with Crippen LogP contribution in [0.5, 0.6) is 0 Å². The number of pyridine rings is 1. The highest BCUT2D eigenvalue weighted by Crippen LogP contribution is 2.12. The van der Waals surface area contributed by atoms with Gasteiger partial charge in [-0.15, -0.1) is 0 Å². The Morgan fingerprint density at radius 3 is 2.52 bits per heavy atom. The molecule has 0 radical (unpaired) electrons. The molecule has 0 spiro atoms. The van der Waals surface area contributed by atoms with E-state index in [1.54, 1.807) is 29.4 Å². The van der Waals surface area contributed by atoms with Crippen LogP contribution in [0.2, 0.25) is 0 Å². The van der Waals surface area contributed by atoms with Crippen molar-refractivity contribution in [3.8, 4) is 6.19 Å². The minimum Gasteiger partial charge on any atom is -0.363 e. The Hall–Kier alpha value is -2.62. The van der Waals surface area contributed by atoms with Crippen LogP contribution in [0.15, 0.2) is 18.3 Å². The Bertz CT molecular complexity index is 607. The molecule has 1 atom stereocenters. The maximum atomic E-state index is 12.4. The number of nitriles is 1. The van der Waals surface area contributed by atoms with Crippen LogP contribution in [0.1, 0.15) is 30.6 Å². The highest BCUT2D eigenvalue weighted by molar-refractivity contribution is 5.98. The van der Waals surface area contributed by atoms with Crippen molar-refractivity contribution >= 4 is 17.6 Å². The predicted molar refractivity (Wildman–Crippen MR) is 87.7 cm³/mol. The molecule has 1 aromatic heterocycles. The predicted octanol–water partition coefficient (Wildman–Crippen LogP) is 1.23. The van der Waals surface area contributed by atoms with Crippen molar-refractivity contribution in [2.75, 3.05) is 26.0 Å². The second-order valence-corrected chi connectivity index (χ2v) is 5.95. The van der Waals surface area contributed by atoms with Crippen LogP contribution >= 0.6 is 0 Å². The SMILES string of the molecule is CC(C)C[C@H](NC(=O)c1ccnc(N(C)C)c1)C(=O)N(C)C#N. The molecule has 0 fully saturated rings. The van der Waals surface area contributed by atoms with Crippen molar-refractivity contribution in [3.05, 3.63) is 23.9 Å². The minimum atomic E-state index is -0.733. The lowest BCUT2D eigenvalue weighted by Gasteiger charge is -2.22. The van der Waals surface area contributed by atoms with Crippen molar-refractivity contribution < 1.29 is 9.59 Å². The van der Waals surface area contributed by atoms with E-state index < -0.39 is 11.9 Å². The van der Waals surface area contributed by atoms with E-state index in [2.05, 4.69) is 10.3 Å². The number of carbonyl (C=O) groups is 2. The second-order valence-electron chi connectivity index (χ2n) is 5.95. The summed E-state index contributed by atoms with van der Waals surface area (Å²) in [6.45, 7) is 3.91. The van der Waals surface area contributed by atoms with Crippen LogP contribution < -0.4 is 10.2 Å². The van der Waals surface area contributed by atoms with Gasteiger partial charge < -0.3 is 10.2 Å². The average molecular weight is 317 g/mol. The van der Waals surface area contributed by atoms with Gasteiger partial charge in [-0.3, -0.25) is 14.5 Å². The van der Waals surface area contributed by atoms with Crippen LogP contribution in [-0.4, -0.2) is 48.9 Å². The average Bonchev–Trinajstić information content (AvgIpc) is 2.52. The van der Waals surface area contributed by atoms with Crippen molar-refractivity contribution in [1.82, 2.24) is 15.2 Å². The topological polar surface area (TPSA) is 89.3 Å². The van der Waals surface area contributed by atoms with Gasteiger partial charge in [-0.05, 0) is 24.5 Å². The second kappa shape index (κ2) is 8.13. The molecule has 7 heteroatoms. The van der Waals surface area contributed by atoms with Gasteiger partial charge >= 0.3 is 0 Å². The zero-order chi connectivity index (χ0) is 17.6. The standard InChI is InChI=1S/C16H23N5O2/c1-11(2)8-13(16(23)21(5)10-17)19-15(22)12-6-7-18-14(9-12)20(3)4/h6-7,9,11,13H,8H2,1-5H3,(H,19,22)/t13-/m0/s1. The molecule has 2 amide bonds. The summed E-state index contributed by atoms with van der Waals surface area (Å²) >= 11 is 0. The lowest BCUT2D eigenvalue weighted by molar-refractivity contribution is -0.129. The molecule has 0 aliphatic rings. The zero-order valence-corrected chi connectivity index (χ0v) is 14.2. The van der Waals surface area contributed by atoms with E-state index >= 15 is 0 Å². The monoisotopic (exact) mass is 317 g/mol. The highest BCUT2D eigenvalue weighted by atomic mass is 16.2. The molecule has 1 heterocycles. The number of carbonyl (C=O) groups excluding carboxylic acids is 2. The number of hydrogen-bond acceptors (Lipinski definition) is 5. The molecule has 0 bridgehead atoms. The minimum absolute atomic E-state index is 0.200. The van der Waals surface area contributed by atoms with Crippen LogP contribution in [0.4, 0.5) is 5.82 Å². The Morgan fingerprint density at radius 1 is 1.35 bits per heavy atom. The van der Waals surface area contributed by atoms with Gasteiger partial charge in [-0.1, -0.05) is 13.8 Å². The van der Waals surface area contributed by atoms with E-state index in [1.165, 1.54) is 7.05 Å². The number of amides is 2. The number of anilines is 1. The summed E-state index contributed by atoms with van der Waals surface area (Å²) < 4.78 is 0. The molecule has 0 aliphatic carbocycles. The third-order valence-electron chi connectivity index (χ3n) is 3.26.